The summed E-state index contributed by atoms with van der Waals surface area (Å²) in [5, 5.41) is 17.7. The topological polar surface area (TPSA) is 68.0 Å². The second kappa shape index (κ2) is 7.33. The number of aliphatic hydroxyl groups excluding tert-OH is 1. The summed E-state index contributed by atoms with van der Waals surface area (Å²) in [5.74, 6) is 0.221. The Balaban J connectivity index is 2.04. The van der Waals surface area contributed by atoms with Crippen molar-refractivity contribution in [2.24, 2.45) is 0 Å². The highest BCUT2D eigenvalue weighted by Gasteiger charge is 2.14. The first-order chi connectivity index (χ1) is 10.2. The maximum atomic E-state index is 12.8. The molecule has 0 aliphatic carbocycles. The van der Waals surface area contributed by atoms with E-state index in [1.165, 1.54) is 36.0 Å². The zero-order valence-corrected chi connectivity index (χ0v) is 12.4. The lowest BCUT2D eigenvalue weighted by Gasteiger charge is -2.07. The van der Waals surface area contributed by atoms with Crippen LogP contribution >= 0.6 is 11.8 Å². The fraction of sp³-hybridized carbons (Fsp3) is 0.357. The van der Waals surface area contributed by atoms with E-state index in [4.69, 9.17) is 0 Å². The van der Waals surface area contributed by atoms with Gasteiger partial charge in [0.2, 0.25) is 0 Å². The highest BCUT2D eigenvalue weighted by molar-refractivity contribution is 7.99. The van der Waals surface area contributed by atoms with Crippen LogP contribution in [0.15, 0.2) is 29.4 Å². The molecule has 0 aliphatic heterocycles. The smallest absolute Gasteiger partial charge is 0.191 e. The average molecular weight is 309 g/mol. The van der Waals surface area contributed by atoms with Crippen molar-refractivity contribution in [1.29, 1.82) is 0 Å². The van der Waals surface area contributed by atoms with Gasteiger partial charge in [-0.1, -0.05) is 18.7 Å². The van der Waals surface area contributed by atoms with Crippen LogP contribution in [0.25, 0.3) is 0 Å². The Bertz CT molecular complexity index is 613. The van der Waals surface area contributed by atoms with Crippen molar-refractivity contribution in [3.8, 4) is 0 Å². The molecule has 1 aromatic carbocycles. The van der Waals surface area contributed by atoms with E-state index < -0.39 is 0 Å². The molecule has 0 radical (unpaired) electrons. The molecular weight excluding hydrogens is 293 g/mol. The molecule has 1 aromatic heterocycles. The van der Waals surface area contributed by atoms with Crippen molar-refractivity contribution in [2.75, 3.05) is 5.75 Å². The predicted molar refractivity (Wildman–Crippen MR) is 77.7 cm³/mol. The second-order valence-corrected chi connectivity index (χ2v) is 5.37. The van der Waals surface area contributed by atoms with Gasteiger partial charge >= 0.3 is 0 Å². The fourth-order valence-corrected chi connectivity index (χ4v) is 2.72. The summed E-state index contributed by atoms with van der Waals surface area (Å²) >= 11 is 1.27. The molecule has 7 heteroatoms. The number of ketones is 1. The normalized spacial score (nSPS) is 10.8. The molecular formula is C14H16FN3O2S. The van der Waals surface area contributed by atoms with Crippen LogP contribution in [0.1, 0.15) is 29.5 Å². The van der Waals surface area contributed by atoms with Crippen LogP contribution in [-0.4, -0.2) is 31.4 Å². The fourth-order valence-electron chi connectivity index (χ4n) is 1.84. The largest absolute Gasteiger partial charge is 0.388 e. The van der Waals surface area contributed by atoms with Gasteiger partial charge in [0, 0.05) is 12.1 Å². The second-order valence-electron chi connectivity index (χ2n) is 4.43. The zero-order chi connectivity index (χ0) is 15.2. The molecule has 5 nitrogen and oxygen atoms in total. The molecule has 2 aromatic rings. The highest BCUT2D eigenvalue weighted by atomic mass is 32.2. The van der Waals surface area contributed by atoms with Crippen LogP contribution in [0.5, 0.6) is 0 Å². The van der Waals surface area contributed by atoms with Crippen LogP contribution in [0.4, 0.5) is 4.39 Å². The molecule has 0 aliphatic rings. The molecule has 0 saturated carbocycles. The van der Waals surface area contributed by atoms with Gasteiger partial charge in [-0.25, -0.2) is 4.39 Å². The minimum Gasteiger partial charge on any atom is -0.388 e. The van der Waals surface area contributed by atoms with E-state index in [9.17, 15) is 14.3 Å². The number of Topliss-reactive ketones (excluding diaryl/α,β-unsaturated/α-hetero) is 1. The van der Waals surface area contributed by atoms with Gasteiger partial charge in [-0.15, -0.1) is 10.2 Å². The summed E-state index contributed by atoms with van der Waals surface area (Å²) in [7, 11) is 0. The Kier molecular flexibility index (Phi) is 5.46. The molecule has 0 saturated heterocycles. The van der Waals surface area contributed by atoms with Crippen molar-refractivity contribution < 1.29 is 14.3 Å². The Morgan fingerprint density at radius 2 is 2.05 bits per heavy atom. The van der Waals surface area contributed by atoms with Crippen molar-refractivity contribution in [1.82, 2.24) is 14.8 Å². The Hall–Kier alpha value is -1.73. The first-order valence-corrected chi connectivity index (χ1v) is 7.58. The van der Waals surface area contributed by atoms with Gasteiger partial charge in [0.25, 0.3) is 0 Å². The predicted octanol–water partition coefficient (Wildman–Crippen LogP) is 2.29. The van der Waals surface area contributed by atoms with Crippen LogP contribution in [0, 0.1) is 5.82 Å². The number of thioether (sulfide) groups is 1. The minimum absolute atomic E-state index is 0.100. The number of halogens is 1. The monoisotopic (exact) mass is 309 g/mol. The zero-order valence-electron chi connectivity index (χ0n) is 11.6. The minimum atomic E-state index is -0.366. The van der Waals surface area contributed by atoms with Gasteiger partial charge in [0.15, 0.2) is 16.8 Å². The van der Waals surface area contributed by atoms with Crippen molar-refractivity contribution in [3.63, 3.8) is 0 Å². The van der Waals surface area contributed by atoms with E-state index >= 15 is 0 Å². The number of carbonyl (C=O) groups excluding carboxylic acids is 1. The summed E-state index contributed by atoms with van der Waals surface area (Å²) in [6, 6.07) is 5.46. The lowest BCUT2D eigenvalue weighted by atomic mass is 10.1. The molecule has 2 rings (SSSR count). The molecule has 0 atom stereocenters. The number of hydrogen-bond acceptors (Lipinski definition) is 5. The molecule has 1 N–H and O–H groups in total. The summed E-state index contributed by atoms with van der Waals surface area (Å²) in [5.41, 5.74) is 0.466. The van der Waals surface area contributed by atoms with E-state index in [1.807, 2.05) is 11.5 Å². The first-order valence-electron chi connectivity index (χ1n) is 6.60. The molecule has 0 amide bonds. The standard InChI is InChI=1S/C14H16FN3O2S/c1-2-7-18-13(8-19)16-17-14(18)21-9-12(20)10-3-5-11(15)6-4-10/h3-6,19H,2,7-9H2,1H3. The maximum Gasteiger partial charge on any atom is 0.191 e. The maximum absolute atomic E-state index is 12.8. The van der Waals surface area contributed by atoms with Gasteiger partial charge in [-0.05, 0) is 30.7 Å². The summed E-state index contributed by atoms with van der Waals surface area (Å²) in [4.78, 5) is 12.0. The Labute approximate surface area is 126 Å². The van der Waals surface area contributed by atoms with E-state index in [0.29, 0.717) is 23.1 Å². The lowest BCUT2D eigenvalue weighted by molar-refractivity contribution is 0.102. The van der Waals surface area contributed by atoms with E-state index in [-0.39, 0.29) is 24.0 Å². The quantitative estimate of drug-likeness (QED) is 0.628. The number of benzene rings is 1. The van der Waals surface area contributed by atoms with Crippen LogP contribution in [0.2, 0.25) is 0 Å². The van der Waals surface area contributed by atoms with Gasteiger partial charge in [0.1, 0.15) is 12.4 Å². The number of aliphatic hydroxyl groups is 1. The third-order valence-corrected chi connectivity index (χ3v) is 3.85. The van der Waals surface area contributed by atoms with Crippen molar-refractivity contribution in [2.45, 2.75) is 31.7 Å². The molecule has 1 heterocycles. The van der Waals surface area contributed by atoms with Crippen LogP contribution < -0.4 is 0 Å². The van der Waals surface area contributed by atoms with E-state index in [1.54, 1.807) is 0 Å². The molecule has 0 fully saturated rings. The third-order valence-electron chi connectivity index (χ3n) is 2.88. The third kappa shape index (κ3) is 3.89. The van der Waals surface area contributed by atoms with Gasteiger partial charge in [0.05, 0.1) is 5.75 Å². The average Bonchev–Trinajstić information content (AvgIpc) is 2.88. The summed E-state index contributed by atoms with van der Waals surface area (Å²) in [6.07, 6.45) is 0.879. The Morgan fingerprint density at radius 1 is 1.33 bits per heavy atom. The molecule has 21 heavy (non-hydrogen) atoms. The van der Waals surface area contributed by atoms with Crippen molar-refractivity contribution in [3.05, 3.63) is 41.5 Å². The summed E-state index contributed by atoms with van der Waals surface area (Å²) < 4.78 is 14.6. The SMILES string of the molecule is CCCn1c(CO)nnc1SCC(=O)c1ccc(F)cc1. The number of nitrogens with zero attached hydrogens (tertiary/aromatic N) is 3. The molecule has 0 unspecified atom stereocenters. The van der Waals surface area contributed by atoms with E-state index in [2.05, 4.69) is 10.2 Å². The van der Waals surface area contributed by atoms with Gasteiger partial charge < -0.3 is 9.67 Å². The number of aromatic nitrogens is 3. The van der Waals surface area contributed by atoms with E-state index in [0.717, 1.165) is 6.42 Å². The highest BCUT2D eigenvalue weighted by Crippen LogP contribution is 2.19. The van der Waals surface area contributed by atoms with Gasteiger partial charge in [-0.3, -0.25) is 4.79 Å². The Morgan fingerprint density at radius 3 is 2.67 bits per heavy atom. The molecule has 0 spiro atoms. The molecule has 0 bridgehead atoms. The molecule has 112 valence electrons. The van der Waals surface area contributed by atoms with Crippen LogP contribution in [-0.2, 0) is 13.2 Å². The van der Waals surface area contributed by atoms with Crippen LogP contribution in [0.3, 0.4) is 0 Å². The summed E-state index contributed by atoms with van der Waals surface area (Å²) in [6.45, 7) is 2.52. The lowest BCUT2D eigenvalue weighted by Crippen LogP contribution is -2.07. The van der Waals surface area contributed by atoms with Crippen molar-refractivity contribution >= 4 is 17.5 Å². The van der Waals surface area contributed by atoms with Gasteiger partial charge in [-0.2, -0.15) is 0 Å². The number of hydrogen-bond donors (Lipinski definition) is 1. The first kappa shape index (κ1) is 15.7. The number of rotatable bonds is 7. The number of carbonyl (C=O) groups is 1.